The van der Waals surface area contributed by atoms with E-state index in [1.807, 2.05) is 13.8 Å². The smallest absolute Gasteiger partial charge is 0.0684 e. The Morgan fingerprint density at radius 2 is 1.94 bits per heavy atom. The minimum absolute atomic E-state index is 0.168. The van der Waals surface area contributed by atoms with Gasteiger partial charge in [0, 0.05) is 0 Å². The highest BCUT2D eigenvalue weighted by molar-refractivity contribution is 4.91. The number of hydrogen-bond donors (Lipinski definition) is 1. The number of rotatable bonds is 7. The van der Waals surface area contributed by atoms with Crippen LogP contribution >= 0.6 is 0 Å². The van der Waals surface area contributed by atoms with E-state index in [9.17, 15) is 0 Å². The molecule has 0 amide bonds. The quantitative estimate of drug-likeness (QED) is 0.669. The molecule has 0 atom stereocenters. The molecule has 16 heavy (non-hydrogen) atoms. The van der Waals surface area contributed by atoms with Gasteiger partial charge in [0.05, 0.1) is 11.5 Å². The first kappa shape index (κ1) is 13.5. The molecule has 1 aliphatic carbocycles. The van der Waals surface area contributed by atoms with Crippen LogP contribution in [0.4, 0.5) is 0 Å². The molecule has 0 aromatic heterocycles. The fraction of sp³-hybridized carbons (Fsp3) is 0.929. The maximum atomic E-state index is 8.86. The molecule has 1 N–H and O–H groups in total. The summed E-state index contributed by atoms with van der Waals surface area (Å²) in [5, 5.41) is 12.3. The van der Waals surface area contributed by atoms with Crippen molar-refractivity contribution < 1.29 is 0 Å². The first-order valence-corrected chi connectivity index (χ1v) is 6.76. The molecule has 0 unspecified atom stereocenters. The summed E-state index contributed by atoms with van der Waals surface area (Å²) >= 11 is 0. The van der Waals surface area contributed by atoms with E-state index in [1.165, 1.54) is 38.5 Å². The number of nitrogens with one attached hydrogen (secondary N) is 1. The van der Waals surface area contributed by atoms with Gasteiger partial charge in [-0.15, -0.1) is 0 Å². The molecule has 1 fully saturated rings. The molecule has 2 heteroatoms. The molecular formula is C14H26N2. The van der Waals surface area contributed by atoms with Gasteiger partial charge >= 0.3 is 0 Å². The van der Waals surface area contributed by atoms with Gasteiger partial charge in [0.1, 0.15) is 0 Å². The van der Waals surface area contributed by atoms with Crippen LogP contribution in [0.3, 0.4) is 0 Å². The van der Waals surface area contributed by atoms with Crippen LogP contribution in [-0.2, 0) is 0 Å². The second kappa shape index (κ2) is 6.91. The summed E-state index contributed by atoms with van der Waals surface area (Å²) in [6.07, 6.45) is 9.48. The molecule has 92 valence electrons. The first-order chi connectivity index (χ1) is 7.64. The molecule has 0 heterocycles. The summed E-state index contributed by atoms with van der Waals surface area (Å²) in [7, 11) is 0. The van der Waals surface area contributed by atoms with Gasteiger partial charge in [-0.25, -0.2) is 0 Å². The lowest BCUT2D eigenvalue weighted by molar-refractivity contribution is 0.420. The minimum atomic E-state index is -0.168. The summed E-state index contributed by atoms with van der Waals surface area (Å²) < 4.78 is 0. The Bertz CT molecular complexity index is 221. The summed E-state index contributed by atoms with van der Waals surface area (Å²) in [5.74, 6) is 1.01. The standard InChI is InChI=1S/C14H26N2/c1-14(2,12-15)9-11-16-10-5-8-13-6-3-4-7-13/h13,16H,3-11H2,1-2H3. The molecule has 0 radical (unpaired) electrons. The zero-order valence-corrected chi connectivity index (χ0v) is 10.9. The van der Waals surface area contributed by atoms with Crippen molar-refractivity contribution in [3.05, 3.63) is 0 Å². The number of hydrogen-bond acceptors (Lipinski definition) is 2. The maximum Gasteiger partial charge on any atom is 0.0684 e. The second-order valence-corrected chi connectivity index (χ2v) is 5.79. The highest BCUT2D eigenvalue weighted by Gasteiger charge is 2.16. The predicted octanol–water partition coefficient (Wildman–Crippen LogP) is 3.49. The van der Waals surface area contributed by atoms with Crippen molar-refractivity contribution in [1.29, 1.82) is 5.26 Å². The molecule has 1 saturated carbocycles. The van der Waals surface area contributed by atoms with Crippen molar-refractivity contribution in [2.75, 3.05) is 13.1 Å². The molecule has 0 saturated heterocycles. The van der Waals surface area contributed by atoms with Crippen LogP contribution in [0.25, 0.3) is 0 Å². The van der Waals surface area contributed by atoms with Crippen molar-refractivity contribution in [2.45, 2.75) is 58.8 Å². The van der Waals surface area contributed by atoms with Crippen LogP contribution in [0.1, 0.15) is 58.8 Å². The average molecular weight is 222 g/mol. The van der Waals surface area contributed by atoms with Gasteiger partial charge in [-0.1, -0.05) is 25.7 Å². The van der Waals surface area contributed by atoms with Crippen LogP contribution < -0.4 is 5.32 Å². The van der Waals surface area contributed by atoms with Crippen LogP contribution in [0.5, 0.6) is 0 Å². The van der Waals surface area contributed by atoms with Gasteiger partial charge < -0.3 is 5.32 Å². The summed E-state index contributed by atoms with van der Waals surface area (Å²) in [6.45, 7) is 6.11. The highest BCUT2D eigenvalue weighted by Crippen LogP contribution is 2.28. The van der Waals surface area contributed by atoms with E-state index in [0.717, 1.165) is 25.4 Å². The average Bonchev–Trinajstić information content (AvgIpc) is 2.76. The normalized spacial score (nSPS) is 17.6. The van der Waals surface area contributed by atoms with Crippen LogP contribution in [0, 0.1) is 22.7 Å². The van der Waals surface area contributed by atoms with Gasteiger partial charge in [0.2, 0.25) is 0 Å². The van der Waals surface area contributed by atoms with Gasteiger partial charge in [-0.3, -0.25) is 0 Å². The Hall–Kier alpha value is -0.550. The SMILES string of the molecule is CC(C)(C#N)CCNCCCC1CCCC1. The van der Waals surface area contributed by atoms with Crippen molar-refractivity contribution in [3.63, 3.8) is 0 Å². The zero-order valence-electron chi connectivity index (χ0n) is 10.9. The van der Waals surface area contributed by atoms with Crippen molar-refractivity contribution in [3.8, 4) is 6.07 Å². The monoisotopic (exact) mass is 222 g/mol. The van der Waals surface area contributed by atoms with Gasteiger partial charge in [-0.2, -0.15) is 5.26 Å². The lowest BCUT2D eigenvalue weighted by Crippen LogP contribution is -2.22. The van der Waals surface area contributed by atoms with Crippen molar-refractivity contribution in [2.24, 2.45) is 11.3 Å². The largest absolute Gasteiger partial charge is 0.317 e. The third-order valence-corrected chi connectivity index (χ3v) is 3.67. The summed E-state index contributed by atoms with van der Waals surface area (Å²) in [4.78, 5) is 0. The third kappa shape index (κ3) is 5.51. The van der Waals surface area contributed by atoms with E-state index in [0.29, 0.717) is 0 Å². The van der Waals surface area contributed by atoms with E-state index < -0.39 is 0 Å². The number of nitrogens with zero attached hydrogens (tertiary/aromatic N) is 1. The van der Waals surface area contributed by atoms with Gasteiger partial charge in [0.15, 0.2) is 0 Å². The van der Waals surface area contributed by atoms with E-state index in [2.05, 4.69) is 11.4 Å². The van der Waals surface area contributed by atoms with Crippen LogP contribution in [-0.4, -0.2) is 13.1 Å². The van der Waals surface area contributed by atoms with Gasteiger partial charge in [-0.05, 0) is 52.1 Å². The van der Waals surface area contributed by atoms with E-state index in [4.69, 9.17) is 5.26 Å². The van der Waals surface area contributed by atoms with Crippen LogP contribution in [0.2, 0.25) is 0 Å². The van der Waals surface area contributed by atoms with E-state index in [1.54, 1.807) is 0 Å². The molecular weight excluding hydrogens is 196 g/mol. The molecule has 2 nitrogen and oxygen atoms in total. The lowest BCUT2D eigenvalue weighted by atomic mass is 9.91. The fourth-order valence-corrected chi connectivity index (χ4v) is 2.40. The highest BCUT2D eigenvalue weighted by atomic mass is 14.8. The Balaban J connectivity index is 1.90. The Morgan fingerprint density at radius 1 is 1.25 bits per heavy atom. The third-order valence-electron chi connectivity index (χ3n) is 3.67. The maximum absolute atomic E-state index is 8.86. The molecule has 0 spiro atoms. The van der Waals surface area contributed by atoms with Crippen molar-refractivity contribution >= 4 is 0 Å². The van der Waals surface area contributed by atoms with E-state index in [-0.39, 0.29) is 5.41 Å². The predicted molar refractivity (Wildman–Crippen MR) is 68.1 cm³/mol. The molecule has 0 aromatic carbocycles. The molecule has 0 bridgehead atoms. The fourth-order valence-electron chi connectivity index (χ4n) is 2.40. The number of nitriles is 1. The Morgan fingerprint density at radius 3 is 2.56 bits per heavy atom. The topological polar surface area (TPSA) is 35.8 Å². The summed E-state index contributed by atoms with van der Waals surface area (Å²) in [6, 6.07) is 2.34. The first-order valence-electron chi connectivity index (χ1n) is 6.76. The summed E-state index contributed by atoms with van der Waals surface area (Å²) in [5.41, 5.74) is -0.168. The van der Waals surface area contributed by atoms with Gasteiger partial charge in [0.25, 0.3) is 0 Å². The minimum Gasteiger partial charge on any atom is -0.317 e. The molecule has 1 rings (SSSR count). The molecule has 1 aliphatic rings. The second-order valence-electron chi connectivity index (χ2n) is 5.79. The Labute approximate surface area is 100 Å². The molecule has 0 aromatic rings. The van der Waals surface area contributed by atoms with Crippen molar-refractivity contribution in [1.82, 2.24) is 5.32 Å². The lowest BCUT2D eigenvalue weighted by Gasteiger charge is -2.15. The van der Waals surface area contributed by atoms with E-state index >= 15 is 0 Å². The Kier molecular flexibility index (Phi) is 5.84. The molecule has 0 aliphatic heterocycles. The van der Waals surface area contributed by atoms with Crippen LogP contribution in [0.15, 0.2) is 0 Å². The zero-order chi connectivity index (χ0) is 11.9.